The molecule has 1 unspecified atom stereocenters. The number of nitrogens with one attached hydrogen (secondary N) is 1. The van der Waals surface area contributed by atoms with Crippen molar-refractivity contribution in [3.8, 4) is 0 Å². The van der Waals surface area contributed by atoms with Crippen LogP contribution in [0.5, 0.6) is 0 Å². The predicted molar refractivity (Wildman–Crippen MR) is 79.0 cm³/mol. The van der Waals surface area contributed by atoms with Crippen LogP contribution in [-0.2, 0) is 6.42 Å². The van der Waals surface area contributed by atoms with Crippen LogP contribution in [0.1, 0.15) is 32.8 Å². The van der Waals surface area contributed by atoms with Gasteiger partial charge in [0.15, 0.2) is 0 Å². The highest BCUT2D eigenvalue weighted by atomic mass is 32.2. The molecule has 1 nitrogen and oxygen atoms in total. The third kappa shape index (κ3) is 3.67. The maximum Gasteiger partial charge on any atom is 0.0357 e. The lowest BCUT2D eigenvalue weighted by molar-refractivity contribution is 0.358. The second kappa shape index (κ2) is 5.34. The van der Waals surface area contributed by atoms with Gasteiger partial charge in [-0.3, -0.25) is 0 Å². The third-order valence-electron chi connectivity index (χ3n) is 3.32. The first kappa shape index (κ1) is 12.8. The molecule has 1 saturated heterocycles. The van der Waals surface area contributed by atoms with Gasteiger partial charge in [0.1, 0.15) is 0 Å². The van der Waals surface area contributed by atoms with E-state index in [2.05, 4.69) is 62.1 Å². The number of hydrogen-bond donors (Lipinski definition) is 1. The van der Waals surface area contributed by atoms with E-state index in [1.165, 1.54) is 29.2 Å². The Morgan fingerprint density at radius 3 is 2.94 bits per heavy atom. The fourth-order valence-electron chi connectivity index (χ4n) is 2.47. The summed E-state index contributed by atoms with van der Waals surface area (Å²) < 4.78 is 0. The van der Waals surface area contributed by atoms with Crippen LogP contribution < -0.4 is 5.32 Å². The molecular weight excluding hydrogens is 226 g/mol. The van der Waals surface area contributed by atoms with Crippen molar-refractivity contribution in [2.75, 3.05) is 16.8 Å². The summed E-state index contributed by atoms with van der Waals surface area (Å²) in [7, 11) is 0. The molecule has 0 spiro atoms. The number of rotatable bonds is 3. The fraction of sp³-hybridized carbons (Fsp3) is 0.600. The molecule has 0 saturated carbocycles. The molecule has 1 atom stereocenters. The summed E-state index contributed by atoms with van der Waals surface area (Å²) >= 11 is 2.08. The van der Waals surface area contributed by atoms with E-state index in [1.807, 2.05) is 0 Å². The summed E-state index contributed by atoms with van der Waals surface area (Å²) in [5.41, 5.74) is 3.17. The highest BCUT2D eigenvalue weighted by Gasteiger charge is 2.28. The van der Waals surface area contributed by atoms with Crippen molar-refractivity contribution in [1.82, 2.24) is 0 Å². The van der Waals surface area contributed by atoms with Crippen molar-refractivity contribution in [3.05, 3.63) is 29.8 Å². The van der Waals surface area contributed by atoms with E-state index in [0.717, 1.165) is 6.42 Å². The van der Waals surface area contributed by atoms with E-state index in [1.54, 1.807) is 0 Å². The van der Waals surface area contributed by atoms with Crippen molar-refractivity contribution in [3.63, 3.8) is 0 Å². The lowest BCUT2D eigenvalue weighted by atomic mass is 9.88. The Kier molecular flexibility index (Phi) is 4.03. The van der Waals surface area contributed by atoms with Gasteiger partial charge in [-0.2, -0.15) is 11.8 Å². The second-order valence-corrected chi connectivity index (χ2v) is 6.81. The average Bonchev–Trinajstić information content (AvgIpc) is 2.28. The maximum atomic E-state index is 3.69. The minimum Gasteiger partial charge on any atom is -0.381 e. The first-order valence-electron chi connectivity index (χ1n) is 6.52. The first-order valence-corrected chi connectivity index (χ1v) is 7.68. The largest absolute Gasteiger partial charge is 0.381 e. The van der Waals surface area contributed by atoms with Gasteiger partial charge in [-0.15, -0.1) is 0 Å². The van der Waals surface area contributed by atoms with Gasteiger partial charge in [0, 0.05) is 17.5 Å². The van der Waals surface area contributed by atoms with Gasteiger partial charge in [0.2, 0.25) is 0 Å². The Morgan fingerprint density at radius 1 is 1.41 bits per heavy atom. The smallest absolute Gasteiger partial charge is 0.0357 e. The summed E-state index contributed by atoms with van der Waals surface area (Å²) in [6, 6.07) is 9.45. The number of hydrogen-bond acceptors (Lipinski definition) is 2. The van der Waals surface area contributed by atoms with Crippen LogP contribution >= 0.6 is 11.8 Å². The van der Waals surface area contributed by atoms with Crippen molar-refractivity contribution in [2.45, 2.75) is 39.7 Å². The molecule has 0 radical (unpaired) electrons. The van der Waals surface area contributed by atoms with Crippen LogP contribution in [0.25, 0.3) is 0 Å². The summed E-state index contributed by atoms with van der Waals surface area (Å²) in [6.45, 7) is 6.95. The first-order chi connectivity index (χ1) is 8.09. The zero-order chi connectivity index (χ0) is 12.3. The van der Waals surface area contributed by atoms with Gasteiger partial charge in [-0.1, -0.05) is 32.9 Å². The van der Waals surface area contributed by atoms with E-state index < -0.39 is 0 Å². The average molecular weight is 249 g/mol. The van der Waals surface area contributed by atoms with E-state index in [-0.39, 0.29) is 0 Å². The molecule has 2 heteroatoms. The van der Waals surface area contributed by atoms with E-state index in [9.17, 15) is 0 Å². The van der Waals surface area contributed by atoms with Crippen LogP contribution in [0.15, 0.2) is 24.3 Å². The molecule has 1 aromatic carbocycles. The number of benzene rings is 1. The molecule has 1 fully saturated rings. The Morgan fingerprint density at radius 2 is 2.24 bits per heavy atom. The molecule has 0 aliphatic carbocycles. The Hall–Kier alpha value is -0.630. The van der Waals surface area contributed by atoms with E-state index >= 15 is 0 Å². The van der Waals surface area contributed by atoms with Gasteiger partial charge in [0.05, 0.1) is 0 Å². The molecule has 0 amide bonds. The van der Waals surface area contributed by atoms with Crippen molar-refractivity contribution in [1.29, 1.82) is 0 Å². The van der Waals surface area contributed by atoms with Gasteiger partial charge in [-0.25, -0.2) is 0 Å². The highest BCUT2D eigenvalue weighted by molar-refractivity contribution is 7.99. The molecule has 1 heterocycles. The lowest BCUT2D eigenvalue weighted by Gasteiger charge is -2.35. The van der Waals surface area contributed by atoms with Crippen molar-refractivity contribution < 1.29 is 0 Å². The van der Waals surface area contributed by atoms with E-state index in [0.29, 0.717) is 11.5 Å². The standard InChI is InChI=1S/C15H23NS/c1-4-12-6-5-7-13(8-12)16-14-9-15(2,3)11-17-10-14/h5-8,14,16H,4,9-11H2,1-3H3. The van der Waals surface area contributed by atoms with E-state index in [4.69, 9.17) is 0 Å². The summed E-state index contributed by atoms with van der Waals surface area (Å²) in [5.74, 6) is 2.53. The van der Waals surface area contributed by atoms with Crippen LogP contribution in [-0.4, -0.2) is 17.5 Å². The zero-order valence-electron chi connectivity index (χ0n) is 11.1. The molecule has 94 valence electrons. The molecular formula is C15H23NS. The van der Waals surface area contributed by atoms with Crippen LogP contribution in [0.3, 0.4) is 0 Å². The van der Waals surface area contributed by atoms with Crippen LogP contribution in [0.2, 0.25) is 0 Å². The number of aryl methyl sites for hydroxylation is 1. The molecule has 0 aromatic heterocycles. The van der Waals surface area contributed by atoms with Gasteiger partial charge in [0.25, 0.3) is 0 Å². The zero-order valence-corrected chi connectivity index (χ0v) is 11.9. The molecule has 1 aromatic rings. The summed E-state index contributed by atoms with van der Waals surface area (Å²) in [4.78, 5) is 0. The third-order valence-corrected chi connectivity index (χ3v) is 4.94. The molecule has 1 aliphatic heterocycles. The molecule has 17 heavy (non-hydrogen) atoms. The van der Waals surface area contributed by atoms with Crippen molar-refractivity contribution >= 4 is 17.4 Å². The lowest BCUT2D eigenvalue weighted by Crippen LogP contribution is -2.35. The molecule has 0 bridgehead atoms. The molecule has 1 aliphatic rings. The highest BCUT2D eigenvalue weighted by Crippen LogP contribution is 2.34. The van der Waals surface area contributed by atoms with Crippen LogP contribution in [0, 0.1) is 5.41 Å². The van der Waals surface area contributed by atoms with Gasteiger partial charge < -0.3 is 5.32 Å². The minimum atomic E-state index is 0.475. The monoisotopic (exact) mass is 249 g/mol. The predicted octanol–water partition coefficient (Wildman–Crippen LogP) is 4.19. The summed E-state index contributed by atoms with van der Waals surface area (Å²) in [6.07, 6.45) is 2.39. The summed E-state index contributed by atoms with van der Waals surface area (Å²) in [5, 5.41) is 3.69. The normalized spacial score (nSPS) is 23.4. The number of anilines is 1. The maximum absolute atomic E-state index is 3.69. The number of thioether (sulfide) groups is 1. The van der Waals surface area contributed by atoms with Crippen LogP contribution in [0.4, 0.5) is 5.69 Å². The molecule has 2 rings (SSSR count). The quantitative estimate of drug-likeness (QED) is 0.862. The Labute approximate surface area is 109 Å². The SMILES string of the molecule is CCc1cccc(NC2CSCC(C)(C)C2)c1. The second-order valence-electron chi connectivity index (χ2n) is 5.78. The molecule has 1 N–H and O–H groups in total. The Bertz CT molecular complexity index is 373. The topological polar surface area (TPSA) is 12.0 Å². The fourth-order valence-corrected chi connectivity index (χ4v) is 3.75. The van der Waals surface area contributed by atoms with Gasteiger partial charge in [-0.05, 0) is 41.7 Å². The van der Waals surface area contributed by atoms with Crippen molar-refractivity contribution in [2.24, 2.45) is 5.41 Å². The Balaban J connectivity index is 2.00. The minimum absolute atomic E-state index is 0.475. The van der Waals surface area contributed by atoms with Gasteiger partial charge >= 0.3 is 0 Å².